The van der Waals surface area contributed by atoms with Gasteiger partial charge in [-0.1, -0.05) is 68.4 Å². The molecule has 0 radical (unpaired) electrons. The average Bonchev–Trinajstić information content (AvgIpc) is 3.10. The Kier molecular flexibility index (Phi) is 6.15. The van der Waals surface area contributed by atoms with E-state index in [0.717, 1.165) is 29.0 Å². The third-order valence-electron chi connectivity index (χ3n) is 5.32. The maximum Gasteiger partial charge on any atom is 0.119 e. The highest BCUT2D eigenvalue weighted by molar-refractivity contribution is 5.76. The fourth-order valence-electron chi connectivity index (χ4n) is 3.65. The molecule has 4 rings (SSSR count). The predicted octanol–water partition coefficient (Wildman–Crippen LogP) is 5.19. The number of hydrogen-bond donors (Lipinski definition) is 1. The van der Waals surface area contributed by atoms with Crippen LogP contribution in [0, 0.1) is 0 Å². The first-order valence-electron chi connectivity index (χ1n) is 10.5. The van der Waals surface area contributed by atoms with Crippen molar-refractivity contribution >= 4 is 11.0 Å². The Hall–Kier alpha value is -3.11. The summed E-state index contributed by atoms with van der Waals surface area (Å²) in [6, 6.07) is 26.4. The predicted molar refractivity (Wildman–Crippen MR) is 121 cm³/mol. The van der Waals surface area contributed by atoms with E-state index >= 15 is 0 Å². The van der Waals surface area contributed by atoms with E-state index in [2.05, 4.69) is 48.7 Å². The number of imidazole rings is 1. The maximum atomic E-state index is 10.7. The van der Waals surface area contributed by atoms with Crippen LogP contribution in [0.5, 0.6) is 5.75 Å². The van der Waals surface area contributed by atoms with Crippen LogP contribution in [0.2, 0.25) is 0 Å². The van der Waals surface area contributed by atoms with Crippen LogP contribution in [0.15, 0.2) is 78.9 Å². The quantitative estimate of drug-likeness (QED) is 0.443. The molecule has 3 aromatic carbocycles. The van der Waals surface area contributed by atoms with Crippen molar-refractivity contribution in [3.05, 3.63) is 95.8 Å². The van der Waals surface area contributed by atoms with Gasteiger partial charge in [-0.05, 0) is 41.3 Å². The summed E-state index contributed by atoms with van der Waals surface area (Å²) < 4.78 is 7.95. The van der Waals surface area contributed by atoms with Crippen molar-refractivity contribution in [2.75, 3.05) is 6.61 Å². The molecular formula is C26H28N2O2. The van der Waals surface area contributed by atoms with Crippen LogP contribution < -0.4 is 4.74 Å². The molecule has 0 spiro atoms. The van der Waals surface area contributed by atoms with Gasteiger partial charge in [-0.3, -0.25) is 0 Å². The lowest BCUT2D eigenvalue weighted by Gasteiger charge is -2.16. The zero-order valence-corrected chi connectivity index (χ0v) is 17.5. The van der Waals surface area contributed by atoms with Crippen molar-refractivity contribution < 1.29 is 9.84 Å². The number of hydrogen-bond acceptors (Lipinski definition) is 3. The largest absolute Gasteiger partial charge is 0.491 e. The Balaban J connectivity index is 1.48. The van der Waals surface area contributed by atoms with E-state index in [9.17, 15) is 5.11 Å². The van der Waals surface area contributed by atoms with E-state index < -0.39 is 6.10 Å². The number of rotatable bonds is 8. The number of aliphatic hydroxyl groups is 1. The molecule has 4 aromatic rings. The van der Waals surface area contributed by atoms with Crippen LogP contribution in [-0.4, -0.2) is 27.4 Å². The van der Waals surface area contributed by atoms with Crippen molar-refractivity contribution in [2.45, 2.75) is 38.8 Å². The second-order valence-corrected chi connectivity index (χ2v) is 7.98. The fourth-order valence-corrected chi connectivity index (χ4v) is 3.65. The molecule has 1 heterocycles. The molecule has 0 saturated heterocycles. The zero-order chi connectivity index (χ0) is 20.9. The maximum absolute atomic E-state index is 10.7. The number of ether oxygens (including phenoxy) is 1. The Morgan fingerprint density at radius 3 is 2.33 bits per heavy atom. The molecule has 0 unspecified atom stereocenters. The minimum Gasteiger partial charge on any atom is -0.491 e. The summed E-state index contributed by atoms with van der Waals surface area (Å²) in [5, 5.41) is 10.7. The zero-order valence-electron chi connectivity index (χ0n) is 17.5. The van der Waals surface area contributed by atoms with Crippen LogP contribution in [-0.2, 0) is 13.0 Å². The number of para-hydroxylation sites is 2. The monoisotopic (exact) mass is 400 g/mol. The summed E-state index contributed by atoms with van der Waals surface area (Å²) in [6.45, 7) is 5.01. The minimum atomic E-state index is -0.637. The molecule has 1 N–H and O–H groups in total. The lowest BCUT2D eigenvalue weighted by Crippen LogP contribution is -2.24. The summed E-state index contributed by atoms with van der Waals surface area (Å²) in [5.41, 5.74) is 4.45. The van der Waals surface area contributed by atoms with Gasteiger partial charge in [0.25, 0.3) is 0 Å². The molecule has 0 amide bonds. The van der Waals surface area contributed by atoms with Gasteiger partial charge < -0.3 is 14.4 Å². The topological polar surface area (TPSA) is 47.3 Å². The van der Waals surface area contributed by atoms with Gasteiger partial charge in [-0.2, -0.15) is 0 Å². The van der Waals surface area contributed by atoms with Crippen molar-refractivity contribution in [1.29, 1.82) is 0 Å². The Morgan fingerprint density at radius 2 is 1.60 bits per heavy atom. The van der Waals surface area contributed by atoms with Gasteiger partial charge in [0, 0.05) is 6.42 Å². The first-order chi connectivity index (χ1) is 14.6. The molecule has 0 saturated carbocycles. The van der Waals surface area contributed by atoms with Crippen molar-refractivity contribution in [3.63, 3.8) is 0 Å². The van der Waals surface area contributed by atoms with E-state index in [1.165, 1.54) is 11.1 Å². The Labute approximate surface area is 177 Å². The Bertz CT molecular complexity index is 1090. The highest BCUT2D eigenvalue weighted by Gasteiger charge is 2.15. The lowest BCUT2D eigenvalue weighted by molar-refractivity contribution is 0.0928. The molecule has 0 bridgehead atoms. The molecule has 4 nitrogen and oxygen atoms in total. The molecular weight excluding hydrogens is 372 g/mol. The number of nitrogens with zero attached hydrogens (tertiary/aromatic N) is 2. The molecule has 0 aliphatic carbocycles. The smallest absolute Gasteiger partial charge is 0.119 e. The molecule has 0 aliphatic heterocycles. The van der Waals surface area contributed by atoms with Crippen molar-refractivity contribution in [1.82, 2.24) is 9.55 Å². The Morgan fingerprint density at radius 1 is 0.900 bits per heavy atom. The molecule has 0 fully saturated rings. The van der Waals surface area contributed by atoms with Gasteiger partial charge in [-0.25, -0.2) is 4.98 Å². The number of benzene rings is 3. The number of aliphatic hydroxyl groups excluding tert-OH is 1. The lowest BCUT2D eigenvalue weighted by atomic mass is 10.0. The van der Waals surface area contributed by atoms with Gasteiger partial charge in [0.1, 0.15) is 24.3 Å². The van der Waals surface area contributed by atoms with E-state index in [1.54, 1.807) is 0 Å². The van der Waals surface area contributed by atoms with Crippen LogP contribution in [0.4, 0.5) is 0 Å². The highest BCUT2D eigenvalue weighted by Crippen LogP contribution is 2.21. The van der Waals surface area contributed by atoms with Gasteiger partial charge in [0.05, 0.1) is 17.6 Å². The van der Waals surface area contributed by atoms with Crippen LogP contribution in [0.25, 0.3) is 11.0 Å². The first-order valence-corrected chi connectivity index (χ1v) is 10.5. The minimum absolute atomic E-state index is 0.234. The highest BCUT2D eigenvalue weighted by atomic mass is 16.5. The van der Waals surface area contributed by atoms with Gasteiger partial charge in [0.2, 0.25) is 0 Å². The fraction of sp³-hybridized carbons (Fsp3) is 0.269. The first kappa shape index (κ1) is 20.2. The third kappa shape index (κ3) is 4.71. The van der Waals surface area contributed by atoms with Crippen LogP contribution in [0.3, 0.4) is 0 Å². The molecule has 0 aliphatic rings. The van der Waals surface area contributed by atoms with Gasteiger partial charge in [0.15, 0.2) is 0 Å². The second-order valence-electron chi connectivity index (χ2n) is 7.98. The van der Waals surface area contributed by atoms with E-state index in [1.807, 2.05) is 48.5 Å². The summed E-state index contributed by atoms with van der Waals surface area (Å²) in [6.07, 6.45) is 0.0849. The average molecular weight is 401 g/mol. The van der Waals surface area contributed by atoms with E-state index in [0.29, 0.717) is 12.5 Å². The van der Waals surface area contributed by atoms with Crippen molar-refractivity contribution in [3.8, 4) is 5.75 Å². The summed E-state index contributed by atoms with van der Waals surface area (Å²) >= 11 is 0. The SMILES string of the molecule is CC(C)c1ccc(OC[C@H](O)Cn2c(Cc3ccccc3)nc3ccccc32)cc1. The molecule has 154 valence electrons. The second kappa shape index (κ2) is 9.14. The summed E-state index contributed by atoms with van der Waals surface area (Å²) in [5.74, 6) is 2.21. The normalized spacial score (nSPS) is 12.4. The molecule has 4 heteroatoms. The standard InChI is InChI=1S/C26H28N2O2/c1-19(2)21-12-14-23(15-13-21)30-18-22(29)17-28-25-11-7-6-10-24(25)27-26(28)16-20-8-4-3-5-9-20/h3-15,19,22,29H,16-18H2,1-2H3/t22-/m1/s1. The van der Waals surface area contributed by atoms with Crippen LogP contribution >= 0.6 is 0 Å². The number of aromatic nitrogens is 2. The van der Waals surface area contributed by atoms with E-state index in [4.69, 9.17) is 9.72 Å². The van der Waals surface area contributed by atoms with E-state index in [-0.39, 0.29) is 6.61 Å². The van der Waals surface area contributed by atoms with Crippen molar-refractivity contribution in [2.24, 2.45) is 0 Å². The molecule has 30 heavy (non-hydrogen) atoms. The van der Waals surface area contributed by atoms with Gasteiger partial charge >= 0.3 is 0 Å². The van der Waals surface area contributed by atoms with Gasteiger partial charge in [-0.15, -0.1) is 0 Å². The molecule has 1 aromatic heterocycles. The molecule has 1 atom stereocenters. The summed E-state index contributed by atoms with van der Waals surface area (Å²) in [7, 11) is 0. The van der Waals surface area contributed by atoms with Crippen LogP contribution in [0.1, 0.15) is 36.7 Å². The number of fused-ring (bicyclic) bond motifs is 1. The third-order valence-corrected chi connectivity index (χ3v) is 5.32. The summed E-state index contributed by atoms with van der Waals surface area (Å²) in [4.78, 5) is 4.82.